The summed E-state index contributed by atoms with van der Waals surface area (Å²) >= 11 is 1.54. The quantitative estimate of drug-likeness (QED) is 0.628. The Labute approximate surface area is 184 Å². The van der Waals surface area contributed by atoms with Gasteiger partial charge in [0, 0.05) is 13.2 Å². The van der Waals surface area contributed by atoms with Gasteiger partial charge in [0.2, 0.25) is 0 Å². The summed E-state index contributed by atoms with van der Waals surface area (Å²) in [5.41, 5.74) is 2.43. The smallest absolute Gasteiger partial charge is 0.252 e. The number of carbonyl (C=O) groups is 1. The van der Waals surface area contributed by atoms with E-state index in [2.05, 4.69) is 10.4 Å². The van der Waals surface area contributed by atoms with Crippen LogP contribution in [0.25, 0.3) is 21.6 Å². The number of rotatable bonds is 5. The lowest BCUT2D eigenvalue weighted by Crippen LogP contribution is -2.32. The highest BCUT2D eigenvalue weighted by Gasteiger charge is 2.32. The number of nitrogens with one attached hydrogen (secondary N) is 1. The summed E-state index contributed by atoms with van der Waals surface area (Å²) in [7, 11) is -3.08. The number of hydrogen-bond donors (Lipinski definition) is 1. The van der Waals surface area contributed by atoms with Crippen molar-refractivity contribution in [3.63, 3.8) is 0 Å². The molecule has 2 saturated heterocycles. The molecule has 1 N–H and O–H groups in total. The maximum atomic E-state index is 13.2. The molecule has 8 nitrogen and oxygen atoms in total. The Balaban J connectivity index is 1.59. The Morgan fingerprint density at radius 2 is 2.26 bits per heavy atom. The average Bonchev–Trinajstić information content (AvgIpc) is 3.53. The van der Waals surface area contributed by atoms with E-state index in [0.717, 1.165) is 24.3 Å². The fraction of sp³-hybridized carbons (Fsp3) is 0.476. The van der Waals surface area contributed by atoms with Gasteiger partial charge in [0.25, 0.3) is 5.91 Å². The van der Waals surface area contributed by atoms with Crippen LogP contribution in [0.3, 0.4) is 0 Å². The van der Waals surface area contributed by atoms with Crippen molar-refractivity contribution in [2.75, 3.05) is 24.7 Å². The summed E-state index contributed by atoms with van der Waals surface area (Å²) < 4.78 is 31.5. The highest BCUT2D eigenvalue weighted by molar-refractivity contribution is 7.91. The predicted octanol–water partition coefficient (Wildman–Crippen LogP) is 2.74. The van der Waals surface area contributed by atoms with Crippen LogP contribution in [-0.2, 0) is 14.6 Å². The first-order chi connectivity index (χ1) is 14.9. The van der Waals surface area contributed by atoms with Crippen molar-refractivity contribution >= 4 is 38.1 Å². The molecule has 2 atom stereocenters. The molecule has 2 fully saturated rings. The van der Waals surface area contributed by atoms with Crippen LogP contribution in [-0.4, -0.2) is 59.9 Å². The monoisotopic (exact) mass is 460 g/mol. The summed E-state index contributed by atoms with van der Waals surface area (Å²) in [5, 5.41) is 10.3. The third kappa shape index (κ3) is 3.99. The van der Waals surface area contributed by atoms with Crippen molar-refractivity contribution in [1.82, 2.24) is 20.1 Å². The third-order valence-electron chi connectivity index (χ3n) is 5.92. The Morgan fingerprint density at radius 3 is 2.94 bits per heavy atom. The van der Waals surface area contributed by atoms with Gasteiger partial charge in [-0.05, 0) is 43.7 Å². The average molecular weight is 461 g/mol. The zero-order valence-corrected chi connectivity index (χ0v) is 18.8. The van der Waals surface area contributed by atoms with Gasteiger partial charge in [-0.3, -0.25) is 4.79 Å². The minimum absolute atomic E-state index is 0.0468. The van der Waals surface area contributed by atoms with Gasteiger partial charge in [0.15, 0.2) is 15.5 Å². The van der Waals surface area contributed by atoms with Gasteiger partial charge in [-0.15, -0.1) is 11.3 Å². The van der Waals surface area contributed by atoms with Gasteiger partial charge in [0.05, 0.1) is 50.9 Å². The zero-order valence-electron chi connectivity index (χ0n) is 17.2. The lowest BCUT2D eigenvalue weighted by Gasteiger charge is -2.13. The van der Waals surface area contributed by atoms with Gasteiger partial charge in [-0.1, -0.05) is 6.07 Å². The van der Waals surface area contributed by atoms with Gasteiger partial charge in [-0.25, -0.2) is 18.1 Å². The van der Waals surface area contributed by atoms with Gasteiger partial charge in [-0.2, -0.15) is 5.10 Å². The fourth-order valence-corrected chi connectivity index (χ4v) is 6.75. The van der Waals surface area contributed by atoms with Crippen LogP contribution >= 0.6 is 11.3 Å². The lowest BCUT2D eigenvalue weighted by molar-refractivity contribution is 0.0859. The van der Waals surface area contributed by atoms with E-state index >= 15 is 0 Å². The number of thiophene rings is 1. The molecule has 5 heterocycles. The molecule has 0 spiro atoms. The zero-order chi connectivity index (χ0) is 21.6. The van der Waals surface area contributed by atoms with E-state index in [-0.39, 0.29) is 29.6 Å². The van der Waals surface area contributed by atoms with Crippen LogP contribution in [0.2, 0.25) is 0 Å². The number of hydrogen-bond acceptors (Lipinski definition) is 7. The molecule has 3 aromatic heterocycles. The number of ether oxygens (including phenoxy) is 1. The largest absolute Gasteiger partial charge is 0.376 e. The van der Waals surface area contributed by atoms with Gasteiger partial charge in [0.1, 0.15) is 0 Å². The molecule has 0 bridgehead atoms. The molecule has 0 aliphatic carbocycles. The van der Waals surface area contributed by atoms with Crippen molar-refractivity contribution in [3.05, 3.63) is 34.8 Å². The lowest BCUT2D eigenvalue weighted by atomic mass is 10.1. The van der Waals surface area contributed by atoms with Crippen LogP contribution in [0.5, 0.6) is 0 Å². The Bertz CT molecular complexity index is 1230. The summed E-state index contributed by atoms with van der Waals surface area (Å²) in [4.78, 5) is 19.0. The number of aromatic nitrogens is 3. The van der Waals surface area contributed by atoms with Crippen LogP contribution in [0.4, 0.5) is 0 Å². The van der Waals surface area contributed by atoms with E-state index in [4.69, 9.17) is 9.72 Å². The molecule has 1 amide bonds. The molecule has 31 heavy (non-hydrogen) atoms. The van der Waals surface area contributed by atoms with Crippen molar-refractivity contribution in [1.29, 1.82) is 0 Å². The maximum absolute atomic E-state index is 13.2. The number of carbonyl (C=O) groups excluding carboxylic acids is 1. The second-order valence-electron chi connectivity index (χ2n) is 8.16. The number of aryl methyl sites for hydroxylation is 1. The van der Waals surface area contributed by atoms with E-state index in [9.17, 15) is 13.2 Å². The van der Waals surface area contributed by atoms with E-state index in [0.29, 0.717) is 41.0 Å². The summed E-state index contributed by atoms with van der Waals surface area (Å²) in [6, 6.07) is 5.44. The topological polar surface area (TPSA) is 103 Å². The predicted molar refractivity (Wildman–Crippen MR) is 119 cm³/mol. The molecule has 2 aliphatic heterocycles. The van der Waals surface area contributed by atoms with Crippen molar-refractivity contribution in [2.24, 2.45) is 0 Å². The van der Waals surface area contributed by atoms with E-state index < -0.39 is 9.84 Å². The highest BCUT2D eigenvalue weighted by Crippen LogP contribution is 2.33. The second-order valence-corrected chi connectivity index (χ2v) is 11.3. The highest BCUT2D eigenvalue weighted by atomic mass is 32.2. The molecule has 5 rings (SSSR count). The van der Waals surface area contributed by atoms with Crippen molar-refractivity contribution in [3.8, 4) is 10.6 Å². The Kier molecular flexibility index (Phi) is 5.31. The summed E-state index contributed by atoms with van der Waals surface area (Å²) in [5.74, 6) is 0.00827. The van der Waals surface area contributed by atoms with Gasteiger partial charge >= 0.3 is 0 Å². The number of fused-ring (bicyclic) bond motifs is 1. The first kappa shape index (κ1) is 20.6. The molecular weight excluding hydrogens is 436 g/mol. The Morgan fingerprint density at radius 1 is 1.39 bits per heavy atom. The molecule has 0 unspecified atom stereocenters. The number of sulfone groups is 1. The van der Waals surface area contributed by atoms with Crippen molar-refractivity contribution in [2.45, 2.75) is 38.3 Å². The van der Waals surface area contributed by atoms with Gasteiger partial charge < -0.3 is 10.1 Å². The molecule has 2 aliphatic rings. The first-order valence-corrected chi connectivity index (χ1v) is 13.2. The first-order valence-electron chi connectivity index (χ1n) is 10.5. The van der Waals surface area contributed by atoms with Crippen LogP contribution < -0.4 is 5.32 Å². The molecule has 0 radical (unpaired) electrons. The van der Waals surface area contributed by atoms with E-state index in [1.807, 2.05) is 30.5 Å². The molecule has 0 saturated carbocycles. The number of nitrogens with zero attached hydrogens (tertiary/aromatic N) is 3. The maximum Gasteiger partial charge on any atom is 0.252 e. The third-order valence-corrected chi connectivity index (χ3v) is 8.57. The second kappa shape index (κ2) is 7.99. The molecule has 164 valence electrons. The summed E-state index contributed by atoms with van der Waals surface area (Å²) in [6.07, 6.45) is 2.51. The molecular formula is C21H24N4O4S2. The van der Waals surface area contributed by atoms with E-state index in [1.165, 1.54) is 0 Å². The fourth-order valence-electron chi connectivity index (χ4n) is 4.37. The van der Waals surface area contributed by atoms with Crippen LogP contribution in [0.1, 0.15) is 41.4 Å². The van der Waals surface area contributed by atoms with Crippen LogP contribution in [0.15, 0.2) is 23.6 Å². The van der Waals surface area contributed by atoms with Crippen LogP contribution in [0, 0.1) is 6.92 Å². The number of amides is 1. The minimum Gasteiger partial charge on any atom is -0.376 e. The Hall–Kier alpha value is -2.30. The molecule has 3 aromatic rings. The number of pyridine rings is 1. The SMILES string of the molecule is Cc1nn([C@H]2CCS(=O)(=O)C2)c2nc(-c3cccs3)cc(C(=O)NC[C@@H]3CCCO3)c12. The standard InChI is InChI=1S/C21H24N4O4S2/c1-13-19-16(21(26)22-11-15-4-2-7-29-15)10-17(18-5-3-8-30-18)23-20(19)25(24-13)14-6-9-31(27,28)12-14/h3,5,8,10,14-15H,2,4,6-7,9,11-12H2,1H3,(H,22,26)/t14-,15-/m0/s1. The molecule has 0 aromatic carbocycles. The normalized spacial score (nSPS) is 22.9. The minimum atomic E-state index is -3.08. The molecule has 10 heteroatoms. The summed E-state index contributed by atoms with van der Waals surface area (Å²) in [6.45, 7) is 3.04. The van der Waals surface area contributed by atoms with E-state index in [1.54, 1.807) is 16.0 Å². The van der Waals surface area contributed by atoms with Crippen molar-refractivity contribution < 1.29 is 17.9 Å².